The number of hydrogen-bond acceptors (Lipinski definition) is 5. The molecule has 1 saturated heterocycles. The molecule has 172 valence electrons. The molecule has 2 aliphatic rings. The summed E-state index contributed by atoms with van der Waals surface area (Å²) >= 11 is 0. The van der Waals surface area contributed by atoms with Crippen LogP contribution >= 0.6 is 0 Å². The Bertz CT molecular complexity index is 1350. The van der Waals surface area contributed by atoms with Crippen LogP contribution in [0.4, 0.5) is 0 Å². The number of pyridine rings is 1. The van der Waals surface area contributed by atoms with Crippen LogP contribution in [-0.4, -0.2) is 44.0 Å². The first-order chi connectivity index (χ1) is 15.6. The van der Waals surface area contributed by atoms with E-state index in [2.05, 4.69) is 26.1 Å². The van der Waals surface area contributed by atoms with Gasteiger partial charge in [0.2, 0.25) is 5.91 Å². The first-order valence-electron chi connectivity index (χ1n) is 11.0. The molecule has 0 spiro atoms. The number of carbonyl (C=O) groups excluding carboxylic acids is 1. The van der Waals surface area contributed by atoms with E-state index in [0.717, 1.165) is 17.5 Å². The van der Waals surface area contributed by atoms with Gasteiger partial charge >= 0.3 is 5.97 Å². The van der Waals surface area contributed by atoms with Gasteiger partial charge in [0.1, 0.15) is 23.4 Å². The van der Waals surface area contributed by atoms with Gasteiger partial charge in [-0.25, -0.2) is 4.79 Å². The second kappa shape index (κ2) is 7.47. The van der Waals surface area contributed by atoms with E-state index in [1.165, 1.54) is 12.3 Å². The lowest BCUT2D eigenvalue weighted by atomic mass is 9.85. The highest BCUT2D eigenvalue weighted by Crippen LogP contribution is 2.43. The molecule has 5 rings (SSSR count). The number of aromatic nitrogens is 3. The average molecular weight is 450 g/mol. The molecular formula is C24H26N4O5. The largest absolute Gasteiger partial charge is 0.489 e. The third-order valence-corrected chi connectivity index (χ3v) is 6.49. The zero-order chi connectivity index (χ0) is 23.5. The van der Waals surface area contributed by atoms with E-state index < -0.39 is 11.4 Å². The normalized spacial score (nSPS) is 19.8. The molecule has 4 heterocycles. The Kier molecular flexibility index (Phi) is 4.81. The molecule has 1 fully saturated rings. The number of hydrogen-bond donors (Lipinski definition) is 2. The van der Waals surface area contributed by atoms with E-state index in [-0.39, 0.29) is 29.0 Å². The maximum atomic E-state index is 12.6. The Balaban J connectivity index is 1.63. The summed E-state index contributed by atoms with van der Waals surface area (Å²) in [6.45, 7) is 7.13. The summed E-state index contributed by atoms with van der Waals surface area (Å²) in [6.07, 6.45) is 2.71. The number of ether oxygens (including phenoxy) is 1. The lowest BCUT2D eigenvalue weighted by molar-refractivity contribution is -0.119. The van der Waals surface area contributed by atoms with Crippen molar-refractivity contribution in [1.82, 2.24) is 19.7 Å². The number of carbonyl (C=O) groups is 2. The first-order valence-corrected chi connectivity index (χ1v) is 11.0. The lowest BCUT2D eigenvalue weighted by Gasteiger charge is -2.38. The second-order valence-corrected chi connectivity index (χ2v) is 9.83. The topological polar surface area (TPSA) is 115 Å². The van der Waals surface area contributed by atoms with Gasteiger partial charge in [-0.05, 0) is 17.9 Å². The molecule has 0 radical (unpaired) electrons. The number of benzene rings is 1. The Morgan fingerprint density at radius 3 is 2.76 bits per heavy atom. The van der Waals surface area contributed by atoms with Crippen LogP contribution in [-0.2, 0) is 11.3 Å². The molecule has 3 aromatic rings. The quantitative estimate of drug-likeness (QED) is 0.632. The van der Waals surface area contributed by atoms with Crippen LogP contribution in [0.1, 0.15) is 50.0 Å². The number of carboxylic acids is 1. The fraction of sp³-hybridized carbons (Fsp3) is 0.417. The van der Waals surface area contributed by atoms with Gasteiger partial charge in [0.15, 0.2) is 5.43 Å². The molecule has 2 aliphatic heterocycles. The summed E-state index contributed by atoms with van der Waals surface area (Å²) < 4.78 is 9.84. The van der Waals surface area contributed by atoms with Crippen LogP contribution in [0.15, 0.2) is 35.3 Å². The number of rotatable bonds is 4. The average Bonchev–Trinajstić information content (AvgIpc) is 3.33. The molecule has 1 aromatic carbocycles. The molecule has 2 aromatic heterocycles. The standard InChI is InChI=1S/C24H26N4O5/c1-24(2,3)19-11-28-22(16-9-17(29)15(23(31)32)10-27(16)19)14-5-4-6-18(21(14)26-28)33-12-13-7-8-20(30)25-13/h4-6,9-10,13,19H,7-8,11-12H2,1-3H3,(H,25,30)(H,31,32)/t13-,19-/m0/s1. The summed E-state index contributed by atoms with van der Waals surface area (Å²) in [6, 6.07) is 6.92. The van der Waals surface area contributed by atoms with Crippen LogP contribution in [0.3, 0.4) is 0 Å². The maximum absolute atomic E-state index is 12.6. The fourth-order valence-electron chi connectivity index (χ4n) is 4.74. The predicted octanol–water partition coefficient (Wildman–Crippen LogP) is 2.82. The van der Waals surface area contributed by atoms with E-state index in [9.17, 15) is 19.5 Å². The van der Waals surface area contributed by atoms with E-state index in [4.69, 9.17) is 9.84 Å². The van der Waals surface area contributed by atoms with Crippen molar-refractivity contribution in [1.29, 1.82) is 0 Å². The van der Waals surface area contributed by atoms with Crippen LogP contribution < -0.4 is 15.5 Å². The van der Waals surface area contributed by atoms with Crippen molar-refractivity contribution in [2.24, 2.45) is 5.41 Å². The van der Waals surface area contributed by atoms with E-state index in [1.54, 1.807) is 0 Å². The molecule has 2 N–H and O–H groups in total. The Morgan fingerprint density at radius 1 is 1.30 bits per heavy atom. The van der Waals surface area contributed by atoms with Crippen LogP contribution in [0.2, 0.25) is 0 Å². The van der Waals surface area contributed by atoms with E-state index in [1.807, 2.05) is 27.4 Å². The van der Waals surface area contributed by atoms with Crippen molar-refractivity contribution in [2.45, 2.75) is 52.2 Å². The molecule has 9 heteroatoms. The maximum Gasteiger partial charge on any atom is 0.341 e. The number of fused-ring (bicyclic) bond motifs is 5. The molecule has 0 saturated carbocycles. The number of amides is 1. The smallest absolute Gasteiger partial charge is 0.341 e. The van der Waals surface area contributed by atoms with Crippen molar-refractivity contribution >= 4 is 22.8 Å². The Labute approximate surface area is 190 Å². The summed E-state index contributed by atoms with van der Waals surface area (Å²) in [5.41, 5.74) is 1.09. The molecule has 0 aliphatic carbocycles. The van der Waals surface area contributed by atoms with E-state index in [0.29, 0.717) is 36.5 Å². The second-order valence-electron chi connectivity index (χ2n) is 9.83. The summed E-state index contributed by atoms with van der Waals surface area (Å²) in [7, 11) is 0. The van der Waals surface area contributed by atoms with Gasteiger partial charge in [0, 0.05) is 24.1 Å². The highest BCUT2D eigenvalue weighted by atomic mass is 16.5. The fourth-order valence-corrected chi connectivity index (χ4v) is 4.74. The van der Waals surface area contributed by atoms with Gasteiger partial charge in [-0.15, -0.1) is 0 Å². The summed E-state index contributed by atoms with van der Waals surface area (Å²) in [5, 5.41) is 18.1. The SMILES string of the molecule is CC(C)(C)[C@@H]1Cn2nc3c(OC[C@@H]4CCC(=O)N4)cccc3c2-c2cc(=O)c(C(=O)O)cn21. The Hall–Kier alpha value is -3.62. The highest BCUT2D eigenvalue weighted by Gasteiger charge is 2.35. The van der Waals surface area contributed by atoms with Crippen molar-refractivity contribution in [3.05, 3.63) is 46.2 Å². The third-order valence-electron chi connectivity index (χ3n) is 6.49. The van der Waals surface area contributed by atoms with Crippen LogP contribution in [0.5, 0.6) is 5.75 Å². The lowest BCUT2D eigenvalue weighted by Crippen LogP contribution is -2.35. The molecule has 0 unspecified atom stereocenters. The monoisotopic (exact) mass is 450 g/mol. The van der Waals surface area contributed by atoms with Crippen LogP contribution in [0.25, 0.3) is 22.3 Å². The number of carboxylic acid groups (broad SMARTS) is 1. The van der Waals surface area contributed by atoms with Crippen molar-refractivity contribution in [3.8, 4) is 17.1 Å². The first kappa shape index (κ1) is 21.2. The highest BCUT2D eigenvalue weighted by molar-refractivity contribution is 5.96. The third kappa shape index (κ3) is 3.57. The van der Waals surface area contributed by atoms with Gasteiger partial charge in [0.05, 0.1) is 30.0 Å². The van der Waals surface area contributed by atoms with Crippen LogP contribution in [0, 0.1) is 5.41 Å². The zero-order valence-electron chi connectivity index (χ0n) is 18.8. The number of aromatic carboxylic acids is 1. The Morgan fingerprint density at radius 2 is 2.09 bits per heavy atom. The molecule has 0 bridgehead atoms. The van der Waals surface area contributed by atoms with Gasteiger partial charge in [-0.3, -0.25) is 14.3 Å². The van der Waals surface area contributed by atoms with Crippen molar-refractivity contribution in [2.75, 3.05) is 6.61 Å². The molecular weight excluding hydrogens is 424 g/mol. The molecule has 2 atom stereocenters. The zero-order valence-corrected chi connectivity index (χ0v) is 18.8. The van der Waals surface area contributed by atoms with Gasteiger partial charge < -0.3 is 19.7 Å². The van der Waals surface area contributed by atoms with E-state index >= 15 is 0 Å². The number of nitrogens with zero attached hydrogens (tertiary/aromatic N) is 3. The van der Waals surface area contributed by atoms with Gasteiger partial charge in [-0.1, -0.05) is 32.9 Å². The minimum Gasteiger partial charge on any atom is -0.489 e. The van der Waals surface area contributed by atoms with Gasteiger partial charge in [0.25, 0.3) is 0 Å². The van der Waals surface area contributed by atoms with Crippen molar-refractivity contribution < 1.29 is 19.4 Å². The molecule has 9 nitrogen and oxygen atoms in total. The molecule has 33 heavy (non-hydrogen) atoms. The van der Waals surface area contributed by atoms with Crippen molar-refractivity contribution in [3.63, 3.8) is 0 Å². The minimum absolute atomic E-state index is 0.0241. The predicted molar refractivity (Wildman–Crippen MR) is 122 cm³/mol. The molecule has 1 amide bonds. The minimum atomic E-state index is -1.23. The summed E-state index contributed by atoms with van der Waals surface area (Å²) in [5.74, 6) is -0.587. The summed E-state index contributed by atoms with van der Waals surface area (Å²) in [4.78, 5) is 35.7. The van der Waals surface area contributed by atoms with Gasteiger partial charge in [-0.2, -0.15) is 5.10 Å². The number of nitrogens with one attached hydrogen (secondary N) is 1.